The van der Waals surface area contributed by atoms with Gasteiger partial charge in [-0.2, -0.15) is 0 Å². The van der Waals surface area contributed by atoms with Crippen LogP contribution in [0.15, 0.2) is 26.5 Å². The molecule has 0 nitrogen and oxygen atoms in total. The van der Waals surface area contributed by atoms with Crippen LogP contribution < -0.4 is 0 Å². The van der Waals surface area contributed by atoms with E-state index in [1.807, 2.05) is 0 Å². The van der Waals surface area contributed by atoms with Gasteiger partial charge in [-0.25, -0.2) is 0 Å². The van der Waals surface area contributed by atoms with Crippen LogP contribution in [0.3, 0.4) is 0 Å². The number of hydrogen-bond acceptors (Lipinski definition) is 1. The fraction of sp³-hybridized carbons (Fsp3) is 0.200. The predicted octanol–water partition coefficient (Wildman–Crippen LogP) is 4.99. The third-order valence-electron chi connectivity index (χ3n) is 2.06. The molecule has 1 aromatic heterocycles. The highest BCUT2D eigenvalue weighted by Crippen LogP contribution is 2.35. The fourth-order valence-electron chi connectivity index (χ4n) is 1.43. The van der Waals surface area contributed by atoms with Crippen molar-refractivity contribution in [3.05, 3.63) is 32.0 Å². The van der Waals surface area contributed by atoms with E-state index in [-0.39, 0.29) is 0 Å². The molecule has 1 heterocycles. The Labute approximate surface area is 98.2 Å². The van der Waals surface area contributed by atoms with Crippen molar-refractivity contribution in [1.29, 1.82) is 0 Å². The number of rotatable bonds is 1. The third kappa shape index (κ3) is 1.69. The van der Waals surface area contributed by atoms with Crippen molar-refractivity contribution in [3.8, 4) is 0 Å². The number of benzene rings is 1. The maximum Gasteiger partial charge on any atom is 0.0711 e. The molecule has 0 radical (unpaired) electrons. The van der Waals surface area contributed by atoms with E-state index in [4.69, 9.17) is 0 Å². The summed E-state index contributed by atoms with van der Waals surface area (Å²) in [6.45, 7) is 2.19. The van der Waals surface area contributed by atoms with E-state index in [1.54, 1.807) is 11.3 Å². The lowest BCUT2D eigenvalue weighted by molar-refractivity contribution is 1.15. The lowest BCUT2D eigenvalue weighted by Gasteiger charge is -2.01. The molecule has 0 saturated carbocycles. The second-order valence-corrected chi connectivity index (χ2v) is 6.13. The maximum atomic E-state index is 3.58. The monoisotopic (exact) mass is 318 g/mol. The van der Waals surface area contributed by atoms with Gasteiger partial charge in [0.05, 0.1) is 3.79 Å². The summed E-state index contributed by atoms with van der Waals surface area (Å²) in [4.78, 5) is 0. The van der Waals surface area contributed by atoms with Crippen LogP contribution in [0.25, 0.3) is 10.1 Å². The van der Waals surface area contributed by atoms with Gasteiger partial charge < -0.3 is 0 Å². The summed E-state index contributed by atoms with van der Waals surface area (Å²) in [5.41, 5.74) is 1.41. The van der Waals surface area contributed by atoms with Crippen molar-refractivity contribution in [1.82, 2.24) is 0 Å². The standard InChI is InChI=1S/C10H8Br2S/c1-2-7-8(11)4-3-6-5-9(12)13-10(6)7/h3-5H,2H2,1H3. The first-order valence-electron chi connectivity index (χ1n) is 4.08. The molecule has 0 N–H and O–H groups in total. The van der Waals surface area contributed by atoms with E-state index in [9.17, 15) is 0 Å². The average Bonchev–Trinajstić information content (AvgIpc) is 2.45. The van der Waals surface area contributed by atoms with E-state index < -0.39 is 0 Å². The highest BCUT2D eigenvalue weighted by atomic mass is 79.9. The Balaban J connectivity index is 2.82. The summed E-state index contributed by atoms with van der Waals surface area (Å²) in [5, 5.41) is 1.33. The molecule has 13 heavy (non-hydrogen) atoms. The second-order valence-electron chi connectivity index (χ2n) is 2.85. The third-order valence-corrected chi connectivity index (χ3v) is 4.51. The molecule has 0 aliphatic carbocycles. The van der Waals surface area contributed by atoms with Crippen LogP contribution in [0, 0.1) is 0 Å². The first-order valence-corrected chi connectivity index (χ1v) is 6.49. The van der Waals surface area contributed by atoms with Gasteiger partial charge in [-0.05, 0) is 45.4 Å². The maximum absolute atomic E-state index is 3.58. The van der Waals surface area contributed by atoms with Crippen LogP contribution in [-0.2, 0) is 6.42 Å². The molecule has 0 atom stereocenters. The van der Waals surface area contributed by atoms with Crippen molar-refractivity contribution in [2.24, 2.45) is 0 Å². The van der Waals surface area contributed by atoms with Crippen molar-refractivity contribution in [3.63, 3.8) is 0 Å². The van der Waals surface area contributed by atoms with Crippen LogP contribution in [0.1, 0.15) is 12.5 Å². The molecule has 0 fully saturated rings. The summed E-state index contributed by atoms with van der Waals surface area (Å²) in [7, 11) is 0. The first kappa shape index (κ1) is 9.69. The van der Waals surface area contributed by atoms with Gasteiger partial charge in [-0.1, -0.05) is 28.9 Å². The molecule has 2 aromatic rings. The van der Waals surface area contributed by atoms with E-state index in [1.165, 1.54) is 23.9 Å². The fourth-order valence-corrected chi connectivity index (χ4v) is 3.91. The van der Waals surface area contributed by atoms with Gasteiger partial charge in [0.15, 0.2) is 0 Å². The zero-order valence-electron chi connectivity index (χ0n) is 7.10. The molecule has 0 saturated heterocycles. The molecular weight excluding hydrogens is 312 g/mol. The molecule has 68 valence electrons. The number of thiophene rings is 1. The highest BCUT2D eigenvalue weighted by Gasteiger charge is 2.06. The molecule has 1 aromatic carbocycles. The van der Waals surface area contributed by atoms with E-state index in [2.05, 4.69) is 57.0 Å². The van der Waals surface area contributed by atoms with E-state index >= 15 is 0 Å². The van der Waals surface area contributed by atoms with Crippen LogP contribution in [0.5, 0.6) is 0 Å². The lowest BCUT2D eigenvalue weighted by atomic mass is 10.1. The van der Waals surface area contributed by atoms with Crippen molar-refractivity contribution in [2.75, 3.05) is 0 Å². The molecule has 2 rings (SSSR count). The highest BCUT2D eigenvalue weighted by molar-refractivity contribution is 9.11. The minimum atomic E-state index is 1.07. The smallest absolute Gasteiger partial charge is 0.0711 e. The second kappa shape index (κ2) is 3.71. The molecule has 0 aliphatic rings. The molecule has 0 unspecified atom stereocenters. The molecule has 0 aliphatic heterocycles. The minimum Gasteiger partial charge on any atom is -0.128 e. The SMILES string of the molecule is CCc1c(Br)ccc2cc(Br)sc12. The van der Waals surface area contributed by atoms with Gasteiger partial charge in [-0.15, -0.1) is 11.3 Å². The van der Waals surface area contributed by atoms with Gasteiger partial charge in [0, 0.05) is 9.17 Å². The van der Waals surface area contributed by atoms with Crippen LogP contribution in [0.4, 0.5) is 0 Å². The summed E-state index contributed by atoms with van der Waals surface area (Å²) in [6, 6.07) is 6.45. The Morgan fingerprint density at radius 2 is 2.08 bits per heavy atom. The zero-order chi connectivity index (χ0) is 9.42. The Bertz CT molecular complexity index is 445. The molecule has 0 bridgehead atoms. The molecular formula is C10H8Br2S. The molecule has 0 spiro atoms. The lowest BCUT2D eigenvalue weighted by Crippen LogP contribution is -1.81. The number of aryl methyl sites for hydroxylation is 1. The molecule has 3 heteroatoms. The number of halogens is 2. The van der Waals surface area contributed by atoms with Crippen molar-refractivity contribution in [2.45, 2.75) is 13.3 Å². The van der Waals surface area contributed by atoms with E-state index in [0.29, 0.717) is 0 Å². The summed E-state index contributed by atoms with van der Waals surface area (Å²) < 4.78 is 3.82. The zero-order valence-corrected chi connectivity index (χ0v) is 11.1. The summed E-state index contributed by atoms with van der Waals surface area (Å²) >= 11 is 8.90. The number of hydrogen-bond donors (Lipinski definition) is 0. The Kier molecular flexibility index (Phi) is 2.77. The van der Waals surface area contributed by atoms with Gasteiger partial charge in [0.2, 0.25) is 0 Å². The Hall–Kier alpha value is 0.140. The topological polar surface area (TPSA) is 0 Å². The largest absolute Gasteiger partial charge is 0.128 e. The minimum absolute atomic E-state index is 1.07. The van der Waals surface area contributed by atoms with Gasteiger partial charge in [0.1, 0.15) is 0 Å². The summed E-state index contributed by atoms with van der Waals surface area (Å²) in [5.74, 6) is 0. The first-order chi connectivity index (χ1) is 6.22. The average molecular weight is 320 g/mol. The van der Waals surface area contributed by atoms with Crippen LogP contribution >= 0.6 is 43.2 Å². The van der Waals surface area contributed by atoms with Gasteiger partial charge in [-0.3, -0.25) is 0 Å². The normalized spacial score (nSPS) is 11.0. The van der Waals surface area contributed by atoms with Crippen molar-refractivity contribution < 1.29 is 0 Å². The van der Waals surface area contributed by atoms with Gasteiger partial charge >= 0.3 is 0 Å². The van der Waals surface area contributed by atoms with Gasteiger partial charge in [0.25, 0.3) is 0 Å². The Morgan fingerprint density at radius 3 is 2.77 bits per heavy atom. The van der Waals surface area contributed by atoms with E-state index in [0.717, 1.165) is 6.42 Å². The van der Waals surface area contributed by atoms with Crippen LogP contribution in [-0.4, -0.2) is 0 Å². The number of fused-ring (bicyclic) bond motifs is 1. The summed E-state index contributed by atoms with van der Waals surface area (Å²) in [6.07, 6.45) is 1.07. The quantitative estimate of drug-likeness (QED) is 0.694. The molecule has 0 amide bonds. The van der Waals surface area contributed by atoms with Crippen molar-refractivity contribution >= 4 is 53.3 Å². The van der Waals surface area contributed by atoms with Crippen LogP contribution in [0.2, 0.25) is 0 Å². The predicted molar refractivity (Wildman–Crippen MR) is 66.6 cm³/mol. The Morgan fingerprint density at radius 1 is 1.31 bits per heavy atom.